The highest BCUT2D eigenvalue weighted by Crippen LogP contribution is 2.29. The number of anilines is 1. The standard InChI is InChI=1S/C8H9ClN2O2S/c9-6-4-14-8(10-6)11-3-1-2-5(11)7(12)13/h4-5H,1-3H2,(H,12,13). The van der Waals surface area contributed by atoms with E-state index in [0.717, 1.165) is 13.0 Å². The van der Waals surface area contributed by atoms with E-state index in [2.05, 4.69) is 4.98 Å². The zero-order valence-electron chi connectivity index (χ0n) is 7.31. The first-order valence-corrected chi connectivity index (χ1v) is 5.55. The summed E-state index contributed by atoms with van der Waals surface area (Å²) in [5, 5.41) is 11.8. The molecule has 0 spiro atoms. The van der Waals surface area contributed by atoms with E-state index >= 15 is 0 Å². The summed E-state index contributed by atoms with van der Waals surface area (Å²) in [5.74, 6) is -0.783. The Morgan fingerprint density at radius 2 is 2.57 bits per heavy atom. The average molecular weight is 233 g/mol. The predicted octanol–water partition coefficient (Wildman–Crippen LogP) is 1.85. The van der Waals surface area contributed by atoms with Gasteiger partial charge in [0.05, 0.1) is 0 Å². The van der Waals surface area contributed by atoms with E-state index in [1.165, 1.54) is 11.3 Å². The molecule has 1 aromatic heterocycles. The topological polar surface area (TPSA) is 53.4 Å². The van der Waals surface area contributed by atoms with E-state index in [1.54, 1.807) is 10.3 Å². The lowest BCUT2D eigenvalue weighted by molar-refractivity contribution is -0.138. The quantitative estimate of drug-likeness (QED) is 0.846. The number of aromatic nitrogens is 1. The summed E-state index contributed by atoms with van der Waals surface area (Å²) < 4.78 is 0. The summed E-state index contributed by atoms with van der Waals surface area (Å²) in [6.07, 6.45) is 1.58. The number of carbonyl (C=O) groups is 1. The number of halogens is 1. The highest BCUT2D eigenvalue weighted by Gasteiger charge is 2.32. The van der Waals surface area contributed by atoms with Crippen LogP contribution in [0, 0.1) is 0 Å². The third-order valence-electron chi connectivity index (χ3n) is 2.25. The van der Waals surface area contributed by atoms with Crippen molar-refractivity contribution in [2.45, 2.75) is 18.9 Å². The molecule has 1 aliphatic heterocycles. The normalized spacial score (nSPS) is 21.5. The van der Waals surface area contributed by atoms with Crippen molar-refractivity contribution in [3.63, 3.8) is 0 Å². The molecule has 1 fully saturated rings. The fourth-order valence-electron chi connectivity index (χ4n) is 1.63. The lowest BCUT2D eigenvalue weighted by Gasteiger charge is -2.19. The first-order chi connectivity index (χ1) is 6.68. The Balaban J connectivity index is 2.21. The number of rotatable bonds is 2. The summed E-state index contributed by atoms with van der Waals surface area (Å²) in [6.45, 7) is 0.751. The fraction of sp³-hybridized carbons (Fsp3) is 0.500. The Bertz CT molecular complexity index is 355. The van der Waals surface area contributed by atoms with Crippen LogP contribution in [0.5, 0.6) is 0 Å². The van der Waals surface area contributed by atoms with Gasteiger partial charge in [-0.15, -0.1) is 11.3 Å². The number of aliphatic carboxylic acids is 1. The second-order valence-electron chi connectivity index (χ2n) is 3.14. The minimum atomic E-state index is -0.783. The van der Waals surface area contributed by atoms with Crippen LogP contribution in [-0.4, -0.2) is 28.6 Å². The number of hydrogen-bond acceptors (Lipinski definition) is 4. The molecule has 1 N–H and O–H groups in total. The third-order valence-corrected chi connectivity index (χ3v) is 3.45. The van der Waals surface area contributed by atoms with Gasteiger partial charge in [-0.25, -0.2) is 9.78 Å². The van der Waals surface area contributed by atoms with Crippen molar-refractivity contribution >= 4 is 34.0 Å². The molecular formula is C8H9ClN2O2S. The zero-order chi connectivity index (χ0) is 10.1. The summed E-state index contributed by atoms with van der Waals surface area (Å²) in [5.41, 5.74) is 0. The lowest BCUT2D eigenvalue weighted by atomic mass is 10.2. The molecule has 1 aromatic rings. The first-order valence-electron chi connectivity index (χ1n) is 4.29. The van der Waals surface area contributed by atoms with E-state index in [0.29, 0.717) is 16.7 Å². The van der Waals surface area contributed by atoms with Gasteiger partial charge in [0.25, 0.3) is 0 Å². The van der Waals surface area contributed by atoms with Crippen molar-refractivity contribution in [1.82, 2.24) is 4.98 Å². The Morgan fingerprint density at radius 3 is 3.14 bits per heavy atom. The molecule has 1 unspecified atom stereocenters. The fourth-order valence-corrected chi connectivity index (χ4v) is 2.65. The molecule has 0 aromatic carbocycles. The molecule has 1 atom stereocenters. The largest absolute Gasteiger partial charge is 0.480 e. The molecule has 0 amide bonds. The van der Waals surface area contributed by atoms with Crippen LogP contribution >= 0.6 is 22.9 Å². The van der Waals surface area contributed by atoms with E-state index in [-0.39, 0.29) is 0 Å². The molecule has 1 saturated heterocycles. The van der Waals surface area contributed by atoms with Crippen molar-refractivity contribution in [2.24, 2.45) is 0 Å². The van der Waals surface area contributed by atoms with Crippen molar-refractivity contribution in [3.8, 4) is 0 Å². The summed E-state index contributed by atoms with van der Waals surface area (Å²) >= 11 is 7.08. The van der Waals surface area contributed by atoms with Crippen LogP contribution < -0.4 is 4.90 Å². The van der Waals surface area contributed by atoms with Gasteiger partial charge in [0.1, 0.15) is 11.2 Å². The van der Waals surface area contributed by atoms with Crippen LogP contribution in [0.2, 0.25) is 5.15 Å². The summed E-state index contributed by atoms with van der Waals surface area (Å²) in [6, 6.07) is -0.433. The third kappa shape index (κ3) is 1.69. The average Bonchev–Trinajstić information content (AvgIpc) is 2.70. The molecule has 1 aliphatic rings. The van der Waals surface area contributed by atoms with E-state index in [4.69, 9.17) is 16.7 Å². The minimum absolute atomic E-state index is 0.432. The molecule has 0 aliphatic carbocycles. The van der Waals surface area contributed by atoms with Crippen LogP contribution in [0.3, 0.4) is 0 Å². The maximum atomic E-state index is 10.9. The molecule has 14 heavy (non-hydrogen) atoms. The van der Waals surface area contributed by atoms with Gasteiger partial charge in [0.2, 0.25) is 0 Å². The van der Waals surface area contributed by atoms with Gasteiger partial charge in [-0.2, -0.15) is 0 Å². The number of nitrogens with zero attached hydrogens (tertiary/aromatic N) is 2. The van der Waals surface area contributed by atoms with E-state index in [9.17, 15) is 4.79 Å². The van der Waals surface area contributed by atoms with Crippen LogP contribution in [0.15, 0.2) is 5.38 Å². The highest BCUT2D eigenvalue weighted by molar-refractivity contribution is 7.14. The Morgan fingerprint density at radius 1 is 1.79 bits per heavy atom. The van der Waals surface area contributed by atoms with Gasteiger partial charge in [0, 0.05) is 11.9 Å². The van der Waals surface area contributed by atoms with Crippen LogP contribution in [0.25, 0.3) is 0 Å². The second kappa shape index (κ2) is 3.74. The smallest absolute Gasteiger partial charge is 0.326 e. The Kier molecular flexibility index (Phi) is 2.60. The number of hydrogen-bond donors (Lipinski definition) is 1. The molecule has 2 heterocycles. The maximum absolute atomic E-state index is 10.9. The van der Waals surface area contributed by atoms with Gasteiger partial charge in [-0.05, 0) is 12.8 Å². The molecular weight excluding hydrogens is 224 g/mol. The van der Waals surface area contributed by atoms with Gasteiger partial charge < -0.3 is 10.0 Å². The molecule has 76 valence electrons. The van der Waals surface area contributed by atoms with Crippen molar-refractivity contribution in [3.05, 3.63) is 10.5 Å². The van der Waals surface area contributed by atoms with Crippen LogP contribution in [0.4, 0.5) is 5.13 Å². The maximum Gasteiger partial charge on any atom is 0.326 e. The van der Waals surface area contributed by atoms with E-state index < -0.39 is 12.0 Å². The van der Waals surface area contributed by atoms with Crippen molar-refractivity contribution in [2.75, 3.05) is 11.4 Å². The van der Waals surface area contributed by atoms with Gasteiger partial charge in [-0.3, -0.25) is 0 Å². The lowest BCUT2D eigenvalue weighted by Crippen LogP contribution is -2.35. The van der Waals surface area contributed by atoms with Gasteiger partial charge >= 0.3 is 5.97 Å². The predicted molar refractivity (Wildman–Crippen MR) is 55.1 cm³/mol. The summed E-state index contributed by atoms with van der Waals surface area (Å²) in [4.78, 5) is 16.8. The van der Waals surface area contributed by atoms with Gasteiger partial charge in [-0.1, -0.05) is 11.6 Å². The molecule has 0 bridgehead atoms. The highest BCUT2D eigenvalue weighted by atomic mass is 35.5. The molecule has 0 saturated carbocycles. The van der Waals surface area contributed by atoms with Crippen molar-refractivity contribution < 1.29 is 9.90 Å². The van der Waals surface area contributed by atoms with E-state index in [1.807, 2.05) is 0 Å². The van der Waals surface area contributed by atoms with Gasteiger partial charge in [0.15, 0.2) is 5.13 Å². The molecule has 2 rings (SSSR count). The number of thiazole rings is 1. The Hall–Kier alpha value is -0.810. The number of carboxylic acid groups (broad SMARTS) is 1. The van der Waals surface area contributed by atoms with Crippen molar-refractivity contribution in [1.29, 1.82) is 0 Å². The first kappa shape index (κ1) is 9.73. The minimum Gasteiger partial charge on any atom is -0.480 e. The SMILES string of the molecule is O=C(O)C1CCCN1c1nc(Cl)cs1. The number of carboxylic acids is 1. The summed E-state index contributed by atoms with van der Waals surface area (Å²) in [7, 11) is 0. The monoisotopic (exact) mass is 232 g/mol. The zero-order valence-corrected chi connectivity index (χ0v) is 8.88. The van der Waals surface area contributed by atoms with Crippen LogP contribution in [-0.2, 0) is 4.79 Å². The molecule has 4 nitrogen and oxygen atoms in total. The molecule has 6 heteroatoms. The van der Waals surface area contributed by atoms with Crippen LogP contribution in [0.1, 0.15) is 12.8 Å². The second-order valence-corrected chi connectivity index (χ2v) is 4.37. The molecule has 0 radical (unpaired) electrons. The Labute approximate surface area is 90.1 Å².